The summed E-state index contributed by atoms with van der Waals surface area (Å²) in [5.41, 5.74) is 8.15. The number of benzene rings is 1. The molecule has 1 aliphatic heterocycles. The van der Waals surface area contributed by atoms with Crippen molar-refractivity contribution in [3.8, 4) is 0 Å². The summed E-state index contributed by atoms with van der Waals surface area (Å²) in [6, 6.07) is 5.58. The van der Waals surface area contributed by atoms with E-state index < -0.39 is 0 Å². The normalized spacial score (nSPS) is 16.3. The van der Waals surface area contributed by atoms with Gasteiger partial charge in [0.2, 0.25) is 0 Å². The van der Waals surface area contributed by atoms with Crippen LogP contribution >= 0.6 is 0 Å². The van der Waals surface area contributed by atoms with Crippen molar-refractivity contribution in [2.75, 3.05) is 32.5 Å². The van der Waals surface area contributed by atoms with Crippen LogP contribution in [-0.4, -0.2) is 37.6 Å². The van der Waals surface area contributed by atoms with Crippen molar-refractivity contribution in [1.29, 1.82) is 0 Å². The molecule has 104 valence electrons. The maximum absolute atomic E-state index is 12.4. The Morgan fingerprint density at radius 2 is 2.11 bits per heavy atom. The van der Waals surface area contributed by atoms with E-state index in [4.69, 9.17) is 10.5 Å². The number of nitrogens with two attached hydrogens (primary N) is 1. The zero-order valence-corrected chi connectivity index (χ0v) is 11.7. The number of carbonyl (C=O) groups is 1. The van der Waals surface area contributed by atoms with Gasteiger partial charge in [-0.05, 0) is 43.4 Å². The summed E-state index contributed by atoms with van der Waals surface area (Å²) in [7, 11) is 1.84. The highest BCUT2D eigenvalue weighted by molar-refractivity contribution is 5.99. The summed E-state index contributed by atoms with van der Waals surface area (Å²) in [4.78, 5) is 14.1. The standard InChI is InChI=1S/C15H22N2O2/c1-11-3-4-13(14(16)9-11)15(18)17(2)10-12-5-7-19-8-6-12/h3-4,9,12H,5-8,10,16H2,1-2H3. The van der Waals surface area contributed by atoms with Crippen molar-refractivity contribution in [1.82, 2.24) is 4.90 Å². The fourth-order valence-corrected chi connectivity index (χ4v) is 2.48. The average Bonchev–Trinajstić information content (AvgIpc) is 2.39. The largest absolute Gasteiger partial charge is 0.398 e. The van der Waals surface area contributed by atoms with Gasteiger partial charge in [-0.15, -0.1) is 0 Å². The second kappa shape index (κ2) is 6.06. The first-order valence-electron chi connectivity index (χ1n) is 6.77. The SMILES string of the molecule is Cc1ccc(C(=O)N(C)CC2CCOCC2)c(N)c1. The highest BCUT2D eigenvalue weighted by Crippen LogP contribution is 2.19. The van der Waals surface area contributed by atoms with E-state index in [-0.39, 0.29) is 5.91 Å². The monoisotopic (exact) mass is 262 g/mol. The van der Waals surface area contributed by atoms with Crippen LogP contribution in [0.15, 0.2) is 18.2 Å². The highest BCUT2D eigenvalue weighted by atomic mass is 16.5. The van der Waals surface area contributed by atoms with Gasteiger partial charge >= 0.3 is 0 Å². The molecule has 0 atom stereocenters. The average molecular weight is 262 g/mol. The summed E-state index contributed by atoms with van der Waals surface area (Å²) >= 11 is 0. The summed E-state index contributed by atoms with van der Waals surface area (Å²) < 4.78 is 5.34. The van der Waals surface area contributed by atoms with Gasteiger partial charge in [0.15, 0.2) is 0 Å². The molecule has 1 aliphatic rings. The van der Waals surface area contributed by atoms with E-state index in [1.54, 1.807) is 4.90 Å². The number of hydrogen-bond donors (Lipinski definition) is 1. The topological polar surface area (TPSA) is 55.6 Å². The molecule has 1 aromatic rings. The van der Waals surface area contributed by atoms with E-state index in [0.29, 0.717) is 17.2 Å². The number of carbonyl (C=O) groups excluding carboxylic acids is 1. The molecule has 4 nitrogen and oxygen atoms in total. The third-order valence-electron chi connectivity index (χ3n) is 3.66. The van der Waals surface area contributed by atoms with Crippen LogP contribution < -0.4 is 5.73 Å². The first-order chi connectivity index (χ1) is 9.08. The number of ether oxygens (including phenoxy) is 1. The molecule has 0 unspecified atom stereocenters. The van der Waals surface area contributed by atoms with E-state index in [2.05, 4.69) is 0 Å². The number of nitrogens with zero attached hydrogens (tertiary/aromatic N) is 1. The Morgan fingerprint density at radius 3 is 2.74 bits per heavy atom. The van der Waals surface area contributed by atoms with Gasteiger partial charge < -0.3 is 15.4 Å². The maximum atomic E-state index is 12.4. The highest BCUT2D eigenvalue weighted by Gasteiger charge is 2.20. The third-order valence-corrected chi connectivity index (χ3v) is 3.66. The van der Waals surface area contributed by atoms with Crippen molar-refractivity contribution < 1.29 is 9.53 Å². The number of rotatable bonds is 3. The van der Waals surface area contributed by atoms with Crippen LogP contribution in [0.25, 0.3) is 0 Å². The quantitative estimate of drug-likeness (QED) is 0.848. The minimum Gasteiger partial charge on any atom is -0.398 e. The third kappa shape index (κ3) is 3.47. The Balaban J connectivity index is 2.01. The molecule has 1 fully saturated rings. The van der Waals surface area contributed by atoms with Crippen LogP contribution in [-0.2, 0) is 4.74 Å². The number of hydrogen-bond acceptors (Lipinski definition) is 3. The molecule has 1 saturated heterocycles. The van der Waals surface area contributed by atoms with Crippen molar-refractivity contribution in [3.63, 3.8) is 0 Å². The zero-order valence-electron chi connectivity index (χ0n) is 11.7. The minimum atomic E-state index is 0.00370. The molecule has 0 saturated carbocycles. The number of nitrogen functional groups attached to an aromatic ring is 1. The Morgan fingerprint density at radius 1 is 1.42 bits per heavy atom. The molecule has 0 bridgehead atoms. The summed E-state index contributed by atoms with van der Waals surface area (Å²) in [6.07, 6.45) is 2.06. The number of aryl methyl sites for hydroxylation is 1. The molecule has 2 N–H and O–H groups in total. The molecular formula is C15H22N2O2. The van der Waals surface area contributed by atoms with Crippen molar-refractivity contribution in [3.05, 3.63) is 29.3 Å². The van der Waals surface area contributed by atoms with Gasteiger partial charge in [0.05, 0.1) is 5.56 Å². The molecular weight excluding hydrogens is 240 g/mol. The van der Waals surface area contributed by atoms with Gasteiger partial charge in [-0.2, -0.15) is 0 Å². The minimum absolute atomic E-state index is 0.00370. The van der Waals surface area contributed by atoms with E-state index in [1.165, 1.54) is 0 Å². The molecule has 0 aliphatic carbocycles. The van der Waals surface area contributed by atoms with E-state index in [1.807, 2.05) is 32.2 Å². The van der Waals surface area contributed by atoms with E-state index >= 15 is 0 Å². The summed E-state index contributed by atoms with van der Waals surface area (Å²) in [6.45, 7) is 4.35. The van der Waals surface area contributed by atoms with Gasteiger partial charge in [0.1, 0.15) is 0 Å². The molecule has 2 rings (SSSR count). The van der Waals surface area contributed by atoms with Crippen molar-refractivity contribution in [2.45, 2.75) is 19.8 Å². The maximum Gasteiger partial charge on any atom is 0.255 e. The Kier molecular flexibility index (Phi) is 4.43. The summed E-state index contributed by atoms with van der Waals surface area (Å²) in [5, 5.41) is 0. The second-order valence-corrected chi connectivity index (χ2v) is 5.33. The van der Waals surface area contributed by atoms with Crippen LogP contribution in [0.2, 0.25) is 0 Å². The van der Waals surface area contributed by atoms with Crippen LogP contribution in [0.3, 0.4) is 0 Å². The summed E-state index contributed by atoms with van der Waals surface area (Å²) in [5.74, 6) is 0.540. The lowest BCUT2D eigenvalue weighted by Gasteiger charge is -2.27. The van der Waals surface area contributed by atoms with Gasteiger partial charge in [-0.1, -0.05) is 6.07 Å². The Hall–Kier alpha value is -1.55. The van der Waals surface area contributed by atoms with Gasteiger partial charge in [-0.3, -0.25) is 4.79 Å². The number of anilines is 1. The molecule has 19 heavy (non-hydrogen) atoms. The predicted octanol–water partition coefficient (Wildman–Crippen LogP) is 2.08. The Bertz CT molecular complexity index is 453. The smallest absolute Gasteiger partial charge is 0.255 e. The molecule has 1 aromatic carbocycles. The molecule has 1 amide bonds. The van der Waals surface area contributed by atoms with E-state index in [9.17, 15) is 4.79 Å². The van der Waals surface area contributed by atoms with Crippen LogP contribution in [0.5, 0.6) is 0 Å². The molecule has 0 radical (unpaired) electrons. The molecule has 0 aromatic heterocycles. The Labute approximate surface area is 114 Å². The van der Waals surface area contributed by atoms with Gasteiger partial charge in [0.25, 0.3) is 5.91 Å². The number of amides is 1. The second-order valence-electron chi connectivity index (χ2n) is 5.33. The molecule has 1 heterocycles. The lowest BCUT2D eigenvalue weighted by atomic mass is 9.99. The predicted molar refractivity (Wildman–Crippen MR) is 76.1 cm³/mol. The van der Waals surface area contributed by atoms with Crippen molar-refractivity contribution in [2.24, 2.45) is 5.92 Å². The van der Waals surface area contributed by atoms with E-state index in [0.717, 1.165) is 38.2 Å². The lowest BCUT2D eigenvalue weighted by Crippen LogP contribution is -2.34. The zero-order chi connectivity index (χ0) is 13.8. The van der Waals surface area contributed by atoms with Crippen LogP contribution in [0.1, 0.15) is 28.8 Å². The first kappa shape index (κ1) is 13.9. The molecule has 4 heteroatoms. The van der Waals surface area contributed by atoms with Crippen molar-refractivity contribution >= 4 is 11.6 Å². The fourth-order valence-electron chi connectivity index (χ4n) is 2.48. The molecule has 0 spiro atoms. The fraction of sp³-hybridized carbons (Fsp3) is 0.533. The van der Waals surface area contributed by atoms with Gasteiger partial charge in [-0.25, -0.2) is 0 Å². The first-order valence-corrected chi connectivity index (χ1v) is 6.77. The van der Waals surface area contributed by atoms with Gasteiger partial charge in [0, 0.05) is 32.5 Å². The van der Waals surface area contributed by atoms with Crippen LogP contribution in [0.4, 0.5) is 5.69 Å². The lowest BCUT2D eigenvalue weighted by molar-refractivity contribution is 0.0497. The van der Waals surface area contributed by atoms with Crippen LogP contribution in [0, 0.1) is 12.8 Å².